The number of halogens is 3. The quantitative estimate of drug-likeness (QED) is 0.538. The number of ether oxygens (including phenoxy) is 1. The number of rotatable bonds is 8. The number of carbonyl (C=O) groups excluding carboxylic acids is 1. The van der Waals surface area contributed by atoms with Crippen LogP contribution in [0.1, 0.15) is 19.8 Å². The average Bonchev–Trinajstić information content (AvgIpc) is 2.49. The molecule has 2 N–H and O–H groups in total. The lowest BCUT2D eigenvalue weighted by Gasteiger charge is -2.21. The Hall–Kier alpha value is -1.85. The number of nitrogens with one attached hydrogen (secondary N) is 1. The van der Waals surface area contributed by atoms with E-state index in [9.17, 15) is 26.4 Å². The second-order valence-electron chi connectivity index (χ2n) is 4.75. The van der Waals surface area contributed by atoms with E-state index in [0.717, 1.165) is 28.6 Å². The van der Waals surface area contributed by atoms with Gasteiger partial charge in [0.05, 0.1) is 11.4 Å². The van der Waals surface area contributed by atoms with Crippen LogP contribution in [0.2, 0.25) is 0 Å². The molecule has 1 aromatic rings. The maximum atomic E-state index is 12.5. The number of carbonyl (C=O) groups is 1. The molecule has 0 spiro atoms. The smallest absolute Gasteiger partial charge is 0.406 e. The number of nitrogens with zero attached hydrogens (tertiary/aromatic N) is 1. The summed E-state index contributed by atoms with van der Waals surface area (Å²) < 4.78 is 66.3. The van der Waals surface area contributed by atoms with Crippen molar-refractivity contribution < 1.29 is 36.3 Å². The van der Waals surface area contributed by atoms with Gasteiger partial charge in [0.25, 0.3) is 5.91 Å². The Morgan fingerprint density at radius 2 is 2.04 bits per heavy atom. The fourth-order valence-electron chi connectivity index (χ4n) is 1.80. The van der Waals surface area contributed by atoms with Crippen molar-refractivity contribution in [3.63, 3.8) is 0 Å². The number of amides is 1. The second kappa shape index (κ2) is 8.31. The van der Waals surface area contributed by atoms with Crippen molar-refractivity contribution in [2.45, 2.75) is 31.0 Å². The van der Waals surface area contributed by atoms with Gasteiger partial charge in [0, 0.05) is 12.6 Å². The van der Waals surface area contributed by atoms with Gasteiger partial charge in [-0.3, -0.25) is 10.0 Å². The average molecular weight is 370 g/mol. The Kier molecular flexibility index (Phi) is 6.99. The van der Waals surface area contributed by atoms with Gasteiger partial charge in [-0.2, -0.15) is 4.31 Å². The predicted octanol–water partition coefficient (Wildman–Crippen LogP) is 1.88. The monoisotopic (exact) mass is 370 g/mol. The molecule has 1 aromatic carbocycles. The van der Waals surface area contributed by atoms with E-state index in [0.29, 0.717) is 12.8 Å². The van der Waals surface area contributed by atoms with Crippen LogP contribution in [0.5, 0.6) is 5.75 Å². The highest BCUT2D eigenvalue weighted by Gasteiger charge is 2.32. The number of alkyl halides is 3. The number of hydrogen-bond acceptors (Lipinski definition) is 5. The minimum absolute atomic E-state index is 0.0311. The number of benzene rings is 1. The SMILES string of the molecule is CCCCN(CC(=O)NO)S(=O)(=O)c1cccc(OC(F)(F)F)c1. The normalized spacial score (nSPS) is 12.2. The first kappa shape index (κ1) is 20.2. The van der Waals surface area contributed by atoms with Gasteiger partial charge in [0.2, 0.25) is 10.0 Å². The van der Waals surface area contributed by atoms with E-state index in [1.54, 1.807) is 6.92 Å². The minimum atomic E-state index is -4.96. The summed E-state index contributed by atoms with van der Waals surface area (Å²) in [6.45, 7) is 1.11. The van der Waals surface area contributed by atoms with Crippen LogP contribution in [-0.4, -0.2) is 43.3 Å². The summed E-state index contributed by atoms with van der Waals surface area (Å²) >= 11 is 0. The van der Waals surface area contributed by atoms with Gasteiger partial charge in [-0.05, 0) is 18.6 Å². The molecule has 0 aliphatic rings. The number of hydroxylamine groups is 1. The summed E-state index contributed by atoms with van der Waals surface area (Å²) in [7, 11) is -4.24. The van der Waals surface area contributed by atoms with Gasteiger partial charge in [-0.15, -0.1) is 13.2 Å². The molecule has 24 heavy (non-hydrogen) atoms. The van der Waals surface area contributed by atoms with Crippen LogP contribution < -0.4 is 10.2 Å². The number of hydrogen-bond donors (Lipinski definition) is 2. The van der Waals surface area contributed by atoms with Gasteiger partial charge >= 0.3 is 6.36 Å². The standard InChI is InChI=1S/C13H17F3N2O5S/c1-2-3-7-18(9-12(19)17-20)24(21,22)11-6-4-5-10(8-11)23-13(14,15)16/h4-6,8,20H,2-3,7,9H2,1H3,(H,17,19). The molecule has 1 rings (SSSR count). The molecule has 1 amide bonds. The highest BCUT2D eigenvalue weighted by atomic mass is 32.2. The van der Waals surface area contributed by atoms with Gasteiger partial charge in [-0.25, -0.2) is 13.9 Å². The van der Waals surface area contributed by atoms with Crippen molar-refractivity contribution in [3.8, 4) is 5.75 Å². The molecule has 0 saturated heterocycles. The Morgan fingerprint density at radius 3 is 2.58 bits per heavy atom. The molecule has 0 bridgehead atoms. The summed E-state index contributed by atoms with van der Waals surface area (Å²) in [5.41, 5.74) is 1.32. The third-order valence-corrected chi connectivity index (χ3v) is 4.72. The fourth-order valence-corrected chi connectivity index (χ4v) is 3.27. The van der Waals surface area contributed by atoms with Gasteiger partial charge in [0.15, 0.2) is 0 Å². The molecule has 0 unspecified atom stereocenters. The largest absolute Gasteiger partial charge is 0.573 e. The first-order valence-corrected chi connectivity index (χ1v) is 8.33. The van der Waals surface area contributed by atoms with Crippen LogP contribution in [0, 0.1) is 0 Å². The van der Waals surface area contributed by atoms with Crippen molar-refractivity contribution in [2.24, 2.45) is 0 Å². The molecule has 0 atom stereocenters. The van der Waals surface area contributed by atoms with Gasteiger partial charge < -0.3 is 4.74 Å². The van der Waals surface area contributed by atoms with Crippen LogP contribution in [0.3, 0.4) is 0 Å². The van der Waals surface area contributed by atoms with Crippen molar-refractivity contribution in [1.82, 2.24) is 9.79 Å². The van der Waals surface area contributed by atoms with Crippen molar-refractivity contribution in [3.05, 3.63) is 24.3 Å². The molecule has 0 radical (unpaired) electrons. The first-order chi connectivity index (χ1) is 11.1. The molecule has 0 saturated carbocycles. The van der Waals surface area contributed by atoms with E-state index in [2.05, 4.69) is 4.74 Å². The van der Waals surface area contributed by atoms with E-state index < -0.39 is 39.5 Å². The van der Waals surface area contributed by atoms with E-state index >= 15 is 0 Å². The lowest BCUT2D eigenvalue weighted by molar-refractivity contribution is -0.274. The van der Waals surface area contributed by atoms with Crippen LogP contribution in [0.4, 0.5) is 13.2 Å². The molecule has 0 aliphatic carbocycles. The molecule has 0 heterocycles. The first-order valence-electron chi connectivity index (χ1n) is 6.89. The van der Waals surface area contributed by atoms with Crippen LogP contribution in [0.15, 0.2) is 29.2 Å². The summed E-state index contributed by atoms with van der Waals surface area (Å²) in [5, 5.41) is 8.55. The lowest BCUT2D eigenvalue weighted by Crippen LogP contribution is -2.40. The summed E-state index contributed by atoms with van der Waals surface area (Å²) in [6.07, 6.45) is -3.90. The molecular formula is C13H17F3N2O5S. The maximum Gasteiger partial charge on any atom is 0.573 e. The molecular weight excluding hydrogens is 353 g/mol. The number of sulfonamides is 1. The van der Waals surface area contributed by atoms with E-state index in [4.69, 9.17) is 5.21 Å². The predicted molar refractivity (Wildman–Crippen MR) is 76.7 cm³/mol. The zero-order valence-corrected chi connectivity index (χ0v) is 13.5. The molecule has 0 aliphatic heterocycles. The summed E-state index contributed by atoms with van der Waals surface area (Å²) in [5.74, 6) is -1.65. The summed E-state index contributed by atoms with van der Waals surface area (Å²) in [6, 6.07) is 3.87. The number of unbranched alkanes of at least 4 members (excludes halogenated alkanes) is 1. The molecule has 0 aromatic heterocycles. The Bertz CT molecular complexity index is 664. The van der Waals surface area contributed by atoms with Gasteiger partial charge in [-0.1, -0.05) is 19.4 Å². The Morgan fingerprint density at radius 1 is 1.38 bits per heavy atom. The fraction of sp³-hybridized carbons (Fsp3) is 0.462. The minimum Gasteiger partial charge on any atom is -0.406 e. The van der Waals surface area contributed by atoms with Crippen LogP contribution >= 0.6 is 0 Å². The topological polar surface area (TPSA) is 95.9 Å². The second-order valence-corrected chi connectivity index (χ2v) is 6.69. The van der Waals surface area contributed by atoms with Crippen LogP contribution in [-0.2, 0) is 14.8 Å². The maximum absolute atomic E-state index is 12.5. The zero-order valence-electron chi connectivity index (χ0n) is 12.7. The van der Waals surface area contributed by atoms with Crippen molar-refractivity contribution in [2.75, 3.05) is 13.1 Å². The van der Waals surface area contributed by atoms with E-state index in [1.807, 2.05) is 0 Å². The lowest BCUT2D eigenvalue weighted by atomic mass is 10.3. The summed E-state index contributed by atoms with van der Waals surface area (Å²) in [4.78, 5) is 10.8. The van der Waals surface area contributed by atoms with E-state index in [-0.39, 0.29) is 6.54 Å². The molecule has 136 valence electrons. The molecule has 7 nitrogen and oxygen atoms in total. The third kappa shape index (κ3) is 5.98. The van der Waals surface area contributed by atoms with Crippen molar-refractivity contribution >= 4 is 15.9 Å². The zero-order chi connectivity index (χ0) is 18.4. The van der Waals surface area contributed by atoms with Gasteiger partial charge in [0.1, 0.15) is 5.75 Å². The highest BCUT2D eigenvalue weighted by Crippen LogP contribution is 2.26. The molecule has 0 fully saturated rings. The van der Waals surface area contributed by atoms with Crippen molar-refractivity contribution in [1.29, 1.82) is 0 Å². The van der Waals surface area contributed by atoms with Crippen LogP contribution in [0.25, 0.3) is 0 Å². The third-order valence-electron chi connectivity index (χ3n) is 2.88. The Labute approximate surface area is 137 Å². The Balaban J connectivity index is 3.13. The highest BCUT2D eigenvalue weighted by molar-refractivity contribution is 7.89. The molecule has 11 heteroatoms. The van der Waals surface area contributed by atoms with E-state index in [1.165, 1.54) is 5.48 Å².